The van der Waals surface area contributed by atoms with Crippen molar-refractivity contribution in [3.05, 3.63) is 83.9 Å². The standard InChI is InChI=1S/C47H64N6O12Si/c1-31-42(66(4,5)36-22-20-35(62-3)21-23-36)39(25-28-63-45(58)48-26-13-7-11-17-40(54)51-60)65-47(31)37-29-34(19-24-38(37)53(44(47)57)30-33-15-9-6-10-16-33)50-43(56)32(2)64-46(59)49-27-14-8-12-18-41(55)52-61/h6,9-10,15-16,19-24,29,31-32,39,42,60-61H,7-8,11-14,17-18,25-28,30H2,1-5H3,(H,48,58)(H,49,59)(H,50,56)(H,51,54)(H,52,55)/t31-,32-,39+,42-,47-/m1/s1. The Morgan fingerprint density at radius 2 is 1.45 bits per heavy atom. The molecule has 2 aliphatic rings. The van der Waals surface area contributed by atoms with Crippen LogP contribution in [0.5, 0.6) is 5.75 Å². The van der Waals surface area contributed by atoms with Crippen molar-refractivity contribution in [1.29, 1.82) is 0 Å². The van der Waals surface area contributed by atoms with E-state index in [0.717, 1.165) is 10.8 Å². The van der Waals surface area contributed by atoms with Gasteiger partial charge in [0.25, 0.3) is 11.8 Å². The number of carbonyl (C=O) groups excluding carboxylic acids is 6. The molecule has 66 heavy (non-hydrogen) atoms. The molecule has 2 aliphatic heterocycles. The number of nitrogens with zero attached hydrogens (tertiary/aromatic N) is 1. The van der Waals surface area contributed by atoms with Crippen LogP contribution in [0.1, 0.15) is 82.8 Å². The highest BCUT2D eigenvalue weighted by molar-refractivity contribution is 6.91. The zero-order valence-corrected chi connectivity index (χ0v) is 39.4. The first kappa shape index (κ1) is 51.0. The molecule has 1 spiro atoms. The molecule has 0 aliphatic carbocycles. The van der Waals surface area contributed by atoms with Crippen molar-refractivity contribution < 1.29 is 58.1 Å². The van der Waals surface area contributed by atoms with Crippen LogP contribution in [-0.4, -0.2) is 93.3 Å². The molecule has 1 fully saturated rings. The third kappa shape index (κ3) is 12.7. The van der Waals surface area contributed by atoms with E-state index in [9.17, 15) is 24.0 Å². The number of hydrogen-bond acceptors (Lipinski definition) is 12. The summed E-state index contributed by atoms with van der Waals surface area (Å²) in [6.07, 6.45) is 1.11. The Hall–Kier alpha value is -6.02. The number of hydroxylamine groups is 2. The zero-order valence-electron chi connectivity index (χ0n) is 38.4. The number of anilines is 2. The van der Waals surface area contributed by atoms with Gasteiger partial charge in [0.15, 0.2) is 11.7 Å². The summed E-state index contributed by atoms with van der Waals surface area (Å²) in [4.78, 5) is 78.4. The van der Waals surface area contributed by atoms with Gasteiger partial charge in [0.1, 0.15) is 5.75 Å². The first-order valence-corrected chi connectivity index (χ1v) is 25.6. The van der Waals surface area contributed by atoms with E-state index in [2.05, 4.69) is 41.2 Å². The van der Waals surface area contributed by atoms with Crippen molar-refractivity contribution >= 4 is 60.5 Å². The van der Waals surface area contributed by atoms with Crippen LogP contribution in [0.25, 0.3) is 0 Å². The fraction of sp³-hybridized carbons (Fsp3) is 0.489. The minimum atomic E-state index is -2.56. The fourth-order valence-electron chi connectivity index (χ4n) is 9.07. The molecule has 5 rings (SSSR count). The average molecular weight is 933 g/mol. The molecule has 358 valence electrons. The van der Waals surface area contributed by atoms with Gasteiger partial charge in [0, 0.05) is 49.5 Å². The van der Waals surface area contributed by atoms with Crippen molar-refractivity contribution in [1.82, 2.24) is 21.6 Å². The summed E-state index contributed by atoms with van der Waals surface area (Å²) >= 11 is 0. The monoisotopic (exact) mass is 932 g/mol. The molecule has 2 heterocycles. The normalized spacial score (nSPS) is 19.1. The number of ether oxygens (including phenoxy) is 4. The van der Waals surface area contributed by atoms with Crippen molar-refractivity contribution in [2.75, 3.05) is 37.0 Å². The molecule has 1 saturated heterocycles. The van der Waals surface area contributed by atoms with E-state index in [4.69, 9.17) is 29.4 Å². The first-order valence-electron chi connectivity index (χ1n) is 22.5. The van der Waals surface area contributed by atoms with Crippen LogP contribution in [0.15, 0.2) is 72.8 Å². The van der Waals surface area contributed by atoms with Crippen LogP contribution in [0.2, 0.25) is 18.6 Å². The van der Waals surface area contributed by atoms with Crippen LogP contribution < -0.4 is 41.7 Å². The molecule has 0 saturated carbocycles. The fourth-order valence-corrected chi connectivity index (χ4v) is 13.1. The maximum absolute atomic E-state index is 15.3. The Morgan fingerprint density at radius 3 is 2.06 bits per heavy atom. The molecule has 6 amide bonds. The lowest BCUT2D eigenvalue weighted by Gasteiger charge is -2.37. The van der Waals surface area contributed by atoms with Crippen molar-refractivity contribution in [2.45, 2.75) is 115 Å². The highest BCUT2D eigenvalue weighted by Gasteiger charge is 2.66. The van der Waals surface area contributed by atoms with Gasteiger partial charge in [-0.15, -0.1) is 0 Å². The quantitative estimate of drug-likeness (QED) is 0.0260. The van der Waals surface area contributed by atoms with E-state index >= 15 is 4.79 Å². The zero-order chi connectivity index (χ0) is 47.9. The van der Waals surface area contributed by atoms with Gasteiger partial charge in [-0.3, -0.25) is 29.6 Å². The Morgan fingerprint density at radius 1 is 0.833 bits per heavy atom. The third-order valence-electron chi connectivity index (χ3n) is 12.5. The molecular weight excluding hydrogens is 869 g/mol. The van der Waals surface area contributed by atoms with E-state index in [-0.39, 0.29) is 44.0 Å². The first-order chi connectivity index (χ1) is 31.7. The van der Waals surface area contributed by atoms with E-state index in [1.807, 2.05) is 49.4 Å². The van der Waals surface area contributed by atoms with Gasteiger partial charge in [-0.05, 0) is 74.0 Å². The summed E-state index contributed by atoms with van der Waals surface area (Å²) in [6.45, 7) is 8.88. The van der Waals surface area contributed by atoms with E-state index in [1.165, 1.54) is 6.92 Å². The molecular formula is C47H64N6O12Si. The molecule has 3 aromatic rings. The Balaban J connectivity index is 1.38. The molecule has 7 N–H and O–H groups in total. The predicted molar refractivity (Wildman–Crippen MR) is 247 cm³/mol. The van der Waals surface area contributed by atoms with Gasteiger partial charge < -0.3 is 39.8 Å². The van der Waals surface area contributed by atoms with Crippen molar-refractivity contribution in [3.8, 4) is 5.75 Å². The molecule has 0 bridgehead atoms. The van der Waals surface area contributed by atoms with Crippen LogP contribution in [0.3, 0.4) is 0 Å². The highest BCUT2D eigenvalue weighted by Crippen LogP contribution is 2.60. The number of nitrogens with one attached hydrogen (secondary N) is 5. The summed E-state index contributed by atoms with van der Waals surface area (Å²) in [5, 5.41) is 26.7. The number of fused-ring (bicyclic) bond motifs is 2. The number of carbonyl (C=O) groups is 6. The SMILES string of the molecule is COc1ccc([Si](C)(C)[C@H]2[C@H](CCOC(=O)NCCCCCC(=O)NO)O[C@]3(C(=O)N(Cc4ccccc4)c4ccc(NC(=O)[C@@H](C)OC(=O)NCCCCCC(=O)NO)cc43)[C@@H]2C)cc1. The number of amides is 6. The van der Waals surface area contributed by atoms with Crippen LogP contribution >= 0.6 is 0 Å². The summed E-state index contributed by atoms with van der Waals surface area (Å²) < 4.78 is 23.7. The van der Waals surface area contributed by atoms with Crippen molar-refractivity contribution in [3.63, 3.8) is 0 Å². The maximum atomic E-state index is 15.3. The van der Waals surface area contributed by atoms with Crippen LogP contribution in [0.4, 0.5) is 21.0 Å². The Kier molecular flexibility index (Phi) is 18.5. The Bertz CT molecular complexity index is 2140. The molecule has 19 heteroatoms. The van der Waals surface area contributed by atoms with Gasteiger partial charge in [-0.2, -0.15) is 0 Å². The Labute approximate surface area is 386 Å². The van der Waals surface area contributed by atoms with Crippen LogP contribution in [0, 0.1) is 5.92 Å². The average Bonchev–Trinajstić information content (AvgIpc) is 3.74. The lowest BCUT2D eigenvalue weighted by Crippen LogP contribution is -2.51. The summed E-state index contributed by atoms with van der Waals surface area (Å²) in [6, 6.07) is 22.9. The number of rotatable bonds is 23. The number of methoxy groups -OCH3 is 1. The maximum Gasteiger partial charge on any atom is 0.407 e. The largest absolute Gasteiger partial charge is 0.497 e. The van der Waals surface area contributed by atoms with Gasteiger partial charge in [0.05, 0.1) is 40.1 Å². The van der Waals surface area contributed by atoms with Gasteiger partial charge >= 0.3 is 12.2 Å². The second kappa shape index (κ2) is 24.0. The van der Waals surface area contributed by atoms with Gasteiger partial charge in [-0.1, -0.05) is 80.5 Å². The summed E-state index contributed by atoms with van der Waals surface area (Å²) in [5.41, 5.74) is 4.02. The number of unbranched alkanes of at least 4 members (excludes halogenated alkanes) is 4. The molecule has 5 atom stereocenters. The molecule has 0 aromatic heterocycles. The number of alkyl carbamates (subject to hydrolysis) is 2. The minimum absolute atomic E-state index is 0.0131. The van der Waals surface area contributed by atoms with E-state index in [0.29, 0.717) is 74.2 Å². The molecule has 3 aromatic carbocycles. The predicted octanol–water partition coefficient (Wildman–Crippen LogP) is 5.76. The smallest absolute Gasteiger partial charge is 0.407 e. The molecule has 0 radical (unpaired) electrons. The van der Waals surface area contributed by atoms with Crippen LogP contribution in [-0.2, 0) is 45.5 Å². The van der Waals surface area contributed by atoms with Crippen molar-refractivity contribution in [2.24, 2.45) is 5.92 Å². The second-order valence-electron chi connectivity index (χ2n) is 17.3. The third-order valence-corrected chi connectivity index (χ3v) is 16.9. The highest BCUT2D eigenvalue weighted by atomic mass is 28.3. The lowest BCUT2D eigenvalue weighted by molar-refractivity contribution is -0.146. The van der Waals surface area contributed by atoms with Gasteiger partial charge in [0.2, 0.25) is 11.8 Å². The molecule has 0 unspecified atom stereocenters. The number of hydrogen-bond donors (Lipinski definition) is 7. The minimum Gasteiger partial charge on any atom is -0.497 e. The van der Waals surface area contributed by atoms with E-state index in [1.54, 1.807) is 41.2 Å². The number of benzene rings is 3. The lowest BCUT2D eigenvalue weighted by atomic mass is 9.82. The summed E-state index contributed by atoms with van der Waals surface area (Å²) in [5.74, 6) is -1.46. The van der Waals surface area contributed by atoms with Gasteiger partial charge in [-0.25, -0.2) is 20.5 Å². The molecule has 18 nitrogen and oxygen atoms in total. The topological polar surface area (TPSA) is 243 Å². The second-order valence-corrected chi connectivity index (χ2v) is 22.0. The summed E-state index contributed by atoms with van der Waals surface area (Å²) in [7, 11) is -0.952. The van der Waals surface area contributed by atoms with E-state index < -0.39 is 61.7 Å².